The molecule has 1 aliphatic rings. The number of carboxylic acid groups (broad SMARTS) is 1. The van der Waals surface area contributed by atoms with Gasteiger partial charge in [-0.1, -0.05) is 39.5 Å². The van der Waals surface area contributed by atoms with Gasteiger partial charge in [0, 0.05) is 6.04 Å². The van der Waals surface area contributed by atoms with E-state index in [0.717, 1.165) is 25.7 Å². The highest BCUT2D eigenvalue weighted by Gasteiger charge is 2.27. The van der Waals surface area contributed by atoms with Gasteiger partial charge in [0.25, 0.3) is 0 Å². The van der Waals surface area contributed by atoms with E-state index < -0.39 is 5.97 Å². The first kappa shape index (κ1) is 13.5. The molecule has 1 saturated carbocycles. The number of rotatable bonds is 6. The molecule has 3 nitrogen and oxygen atoms in total. The molecule has 1 rings (SSSR count). The zero-order valence-corrected chi connectivity index (χ0v) is 10.5. The van der Waals surface area contributed by atoms with Crippen molar-refractivity contribution in [3.63, 3.8) is 0 Å². The summed E-state index contributed by atoms with van der Waals surface area (Å²) in [6, 6.07) is 0.0774. The predicted octanol–water partition coefficient (Wildman–Crippen LogP) is 2.80. The van der Waals surface area contributed by atoms with Crippen LogP contribution in [0.3, 0.4) is 0 Å². The van der Waals surface area contributed by atoms with Crippen LogP contribution in [0, 0.1) is 5.92 Å². The van der Waals surface area contributed by atoms with Crippen molar-refractivity contribution in [2.24, 2.45) is 5.92 Å². The van der Waals surface area contributed by atoms with E-state index in [1.54, 1.807) is 0 Å². The first-order valence-corrected chi connectivity index (χ1v) is 6.67. The average molecular weight is 227 g/mol. The van der Waals surface area contributed by atoms with E-state index in [1.807, 2.05) is 6.92 Å². The molecule has 1 fully saturated rings. The topological polar surface area (TPSA) is 49.3 Å². The highest BCUT2D eigenvalue weighted by atomic mass is 16.4. The molecule has 1 aliphatic carbocycles. The van der Waals surface area contributed by atoms with Crippen molar-refractivity contribution in [2.75, 3.05) is 0 Å². The molecule has 0 aromatic heterocycles. The van der Waals surface area contributed by atoms with Crippen LogP contribution in [-0.2, 0) is 4.79 Å². The molecule has 0 aliphatic heterocycles. The summed E-state index contributed by atoms with van der Waals surface area (Å²) in [4.78, 5) is 11.1. The molecule has 0 saturated heterocycles. The summed E-state index contributed by atoms with van der Waals surface area (Å²) in [7, 11) is 0. The summed E-state index contributed by atoms with van der Waals surface area (Å²) in [6.45, 7) is 4.25. The Hall–Kier alpha value is -0.570. The van der Waals surface area contributed by atoms with Gasteiger partial charge in [-0.3, -0.25) is 4.79 Å². The predicted molar refractivity (Wildman–Crippen MR) is 65.5 cm³/mol. The lowest BCUT2D eigenvalue weighted by Gasteiger charge is -2.33. The fourth-order valence-corrected chi connectivity index (χ4v) is 2.74. The van der Waals surface area contributed by atoms with Crippen molar-refractivity contribution in [2.45, 2.75) is 70.9 Å². The Kier molecular flexibility index (Phi) is 5.81. The molecule has 0 bridgehead atoms. The Balaban J connectivity index is 2.50. The Morgan fingerprint density at radius 1 is 1.38 bits per heavy atom. The summed E-state index contributed by atoms with van der Waals surface area (Å²) in [5.41, 5.74) is 0. The molecule has 94 valence electrons. The van der Waals surface area contributed by atoms with Crippen LogP contribution in [0.25, 0.3) is 0 Å². The van der Waals surface area contributed by atoms with Crippen LogP contribution < -0.4 is 5.32 Å². The van der Waals surface area contributed by atoms with Crippen molar-refractivity contribution in [1.82, 2.24) is 5.32 Å². The minimum absolute atomic E-state index is 0.345. The Morgan fingerprint density at radius 2 is 2.06 bits per heavy atom. The lowest BCUT2D eigenvalue weighted by atomic mass is 9.82. The molecule has 2 N–H and O–H groups in total. The second kappa shape index (κ2) is 6.89. The molecule has 16 heavy (non-hydrogen) atoms. The molecule has 3 unspecified atom stereocenters. The smallest absolute Gasteiger partial charge is 0.320 e. The van der Waals surface area contributed by atoms with E-state index in [1.165, 1.54) is 19.3 Å². The average Bonchev–Trinajstić information content (AvgIpc) is 2.29. The zero-order valence-electron chi connectivity index (χ0n) is 10.5. The van der Waals surface area contributed by atoms with Gasteiger partial charge in [0.2, 0.25) is 0 Å². The maximum absolute atomic E-state index is 11.1. The molecule has 0 aromatic carbocycles. The molecule has 0 heterocycles. The molecule has 0 spiro atoms. The first-order valence-electron chi connectivity index (χ1n) is 6.67. The van der Waals surface area contributed by atoms with Gasteiger partial charge in [0.15, 0.2) is 0 Å². The summed E-state index contributed by atoms with van der Waals surface area (Å²) < 4.78 is 0. The molecule has 0 amide bonds. The number of aliphatic carboxylic acids is 1. The van der Waals surface area contributed by atoms with Crippen molar-refractivity contribution >= 4 is 5.97 Å². The third kappa shape index (κ3) is 3.78. The standard InChI is InChI=1S/C13H25NO2/c1-3-7-12(13(15)16)14-11-9-6-5-8-10(11)4-2/h10-12,14H,3-9H2,1-2H3,(H,15,16). The second-order valence-electron chi connectivity index (χ2n) is 4.91. The molecule has 3 atom stereocenters. The Morgan fingerprint density at radius 3 is 2.62 bits per heavy atom. The Bertz CT molecular complexity index is 218. The van der Waals surface area contributed by atoms with Gasteiger partial charge < -0.3 is 10.4 Å². The van der Waals surface area contributed by atoms with Gasteiger partial charge in [0.05, 0.1) is 0 Å². The minimum atomic E-state index is -0.692. The van der Waals surface area contributed by atoms with E-state index in [2.05, 4.69) is 12.2 Å². The number of hydrogen-bond donors (Lipinski definition) is 2. The summed E-state index contributed by atoms with van der Waals surface area (Å²) in [6.07, 6.45) is 7.78. The van der Waals surface area contributed by atoms with Crippen molar-refractivity contribution in [3.8, 4) is 0 Å². The lowest BCUT2D eigenvalue weighted by molar-refractivity contribution is -0.140. The van der Waals surface area contributed by atoms with Crippen molar-refractivity contribution in [1.29, 1.82) is 0 Å². The van der Waals surface area contributed by atoms with Gasteiger partial charge in [-0.05, 0) is 25.2 Å². The maximum Gasteiger partial charge on any atom is 0.320 e. The van der Waals surface area contributed by atoms with Gasteiger partial charge in [0.1, 0.15) is 6.04 Å². The molecule has 3 heteroatoms. The van der Waals surface area contributed by atoms with Crippen LogP contribution in [0.2, 0.25) is 0 Å². The third-order valence-electron chi connectivity index (χ3n) is 3.72. The van der Waals surface area contributed by atoms with Crippen LogP contribution in [0.1, 0.15) is 58.8 Å². The van der Waals surface area contributed by atoms with E-state index >= 15 is 0 Å². The zero-order chi connectivity index (χ0) is 12.0. The summed E-state index contributed by atoms with van der Waals surface area (Å²) in [5.74, 6) is -0.0188. The monoisotopic (exact) mass is 227 g/mol. The number of nitrogens with one attached hydrogen (secondary N) is 1. The summed E-state index contributed by atoms with van der Waals surface area (Å²) >= 11 is 0. The fourth-order valence-electron chi connectivity index (χ4n) is 2.74. The van der Waals surface area contributed by atoms with Gasteiger partial charge in [-0.15, -0.1) is 0 Å². The first-order chi connectivity index (χ1) is 7.69. The highest BCUT2D eigenvalue weighted by Crippen LogP contribution is 2.27. The minimum Gasteiger partial charge on any atom is -0.480 e. The van der Waals surface area contributed by atoms with Crippen LogP contribution in [-0.4, -0.2) is 23.2 Å². The molecule has 0 aromatic rings. The van der Waals surface area contributed by atoms with E-state index in [4.69, 9.17) is 5.11 Å². The SMILES string of the molecule is CCCC(NC1CCCCC1CC)C(=O)O. The maximum atomic E-state index is 11.1. The van der Waals surface area contributed by atoms with Gasteiger partial charge >= 0.3 is 5.97 Å². The quantitative estimate of drug-likeness (QED) is 0.733. The van der Waals surface area contributed by atoms with Crippen LogP contribution in [0.5, 0.6) is 0 Å². The largest absolute Gasteiger partial charge is 0.480 e. The molecular weight excluding hydrogens is 202 g/mol. The van der Waals surface area contributed by atoms with E-state index in [-0.39, 0.29) is 6.04 Å². The van der Waals surface area contributed by atoms with Crippen LogP contribution in [0.15, 0.2) is 0 Å². The third-order valence-corrected chi connectivity index (χ3v) is 3.72. The summed E-state index contributed by atoms with van der Waals surface area (Å²) in [5, 5.41) is 12.5. The molecular formula is C13H25NO2. The molecule has 0 radical (unpaired) electrons. The fraction of sp³-hybridized carbons (Fsp3) is 0.923. The van der Waals surface area contributed by atoms with E-state index in [9.17, 15) is 4.79 Å². The van der Waals surface area contributed by atoms with Crippen molar-refractivity contribution in [3.05, 3.63) is 0 Å². The normalized spacial score (nSPS) is 27.6. The van der Waals surface area contributed by atoms with Gasteiger partial charge in [-0.2, -0.15) is 0 Å². The second-order valence-corrected chi connectivity index (χ2v) is 4.91. The Labute approximate surface area is 98.6 Å². The lowest BCUT2D eigenvalue weighted by Crippen LogP contribution is -2.47. The number of hydrogen-bond acceptors (Lipinski definition) is 2. The number of carbonyl (C=O) groups is 1. The highest BCUT2D eigenvalue weighted by molar-refractivity contribution is 5.73. The van der Waals surface area contributed by atoms with Crippen molar-refractivity contribution < 1.29 is 9.90 Å². The van der Waals surface area contributed by atoms with Crippen LogP contribution in [0.4, 0.5) is 0 Å². The van der Waals surface area contributed by atoms with E-state index in [0.29, 0.717) is 12.0 Å². The van der Waals surface area contributed by atoms with Crippen LogP contribution >= 0.6 is 0 Å². The number of carboxylic acids is 1. The van der Waals surface area contributed by atoms with Gasteiger partial charge in [-0.25, -0.2) is 0 Å².